The maximum Gasteiger partial charge on any atom is 0.410 e. The van der Waals surface area contributed by atoms with E-state index >= 15 is 0 Å². The van der Waals surface area contributed by atoms with Crippen LogP contribution >= 0.6 is 0 Å². The summed E-state index contributed by atoms with van der Waals surface area (Å²) in [5.74, 6) is -0.549. The zero-order valence-corrected chi connectivity index (χ0v) is 14.8. The lowest BCUT2D eigenvalue weighted by Crippen LogP contribution is -2.54. The number of amides is 1. The summed E-state index contributed by atoms with van der Waals surface area (Å²) in [5.41, 5.74) is -0.541. The summed E-state index contributed by atoms with van der Waals surface area (Å²) >= 11 is 0. The molecule has 0 radical (unpaired) electrons. The van der Waals surface area contributed by atoms with E-state index in [4.69, 9.17) is 9.47 Å². The largest absolute Gasteiger partial charge is 0.478 e. The summed E-state index contributed by atoms with van der Waals surface area (Å²) in [7, 11) is 0. The third kappa shape index (κ3) is 3.71. The van der Waals surface area contributed by atoms with Crippen molar-refractivity contribution in [2.24, 2.45) is 0 Å². The Kier molecular flexibility index (Phi) is 4.97. The quantitative estimate of drug-likeness (QED) is 0.903. The number of hydrogen-bond donors (Lipinski definition) is 1. The van der Waals surface area contributed by atoms with Crippen LogP contribution in [-0.4, -0.2) is 51.8 Å². The molecule has 2 heterocycles. The van der Waals surface area contributed by atoms with Gasteiger partial charge in [-0.05, 0) is 38.1 Å². The van der Waals surface area contributed by atoms with Crippen molar-refractivity contribution in [2.75, 3.05) is 13.1 Å². The molecular formula is C19H22N2O5. The molecule has 0 bridgehead atoms. The van der Waals surface area contributed by atoms with E-state index in [1.807, 2.05) is 12.1 Å². The number of aliphatic carboxylic acids is 1. The molecule has 1 aliphatic heterocycles. The summed E-state index contributed by atoms with van der Waals surface area (Å²) < 4.78 is 11.1. The van der Waals surface area contributed by atoms with Gasteiger partial charge in [0.25, 0.3) is 0 Å². The minimum Gasteiger partial charge on any atom is -0.478 e. The highest BCUT2D eigenvalue weighted by Gasteiger charge is 2.45. The fraction of sp³-hybridized carbons (Fsp3) is 0.421. The van der Waals surface area contributed by atoms with Crippen molar-refractivity contribution in [3.63, 3.8) is 0 Å². The van der Waals surface area contributed by atoms with Crippen molar-refractivity contribution in [3.8, 4) is 5.75 Å². The van der Waals surface area contributed by atoms with E-state index in [2.05, 4.69) is 4.98 Å². The predicted octanol–water partition coefficient (Wildman–Crippen LogP) is 3.08. The van der Waals surface area contributed by atoms with Crippen molar-refractivity contribution < 1.29 is 24.2 Å². The number of nitrogens with zero attached hydrogens (tertiary/aromatic N) is 2. The number of carbonyl (C=O) groups is 2. The summed E-state index contributed by atoms with van der Waals surface area (Å²) in [6.07, 6.45) is 1.46. The third-order valence-corrected chi connectivity index (χ3v) is 4.44. The second-order valence-corrected chi connectivity index (χ2v) is 6.68. The van der Waals surface area contributed by atoms with Crippen LogP contribution in [0.3, 0.4) is 0 Å². The average Bonchev–Trinajstić information content (AvgIpc) is 2.61. The number of carboxylic acid groups (broad SMARTS) is 1. The monoisotopic (exact) mass is 358 g/mol. The van der Waals surface area contributed by atoms with E-state index in [-0.39, 0.29) is 32.0 Å². The first-order valence-electron chi connectivity index (χ1n) is 8.62. The number of benzene rings is 1. The van der Waals surface area contributed by atoms with E-state index < -0.39 is 17.7 Å². The first-order valence-corrected chi connectivity index (χ1v) is 8.62. The highest BCUT2D eigenvalue weighted by atomic mass is 16.6. The fourth-order valence-electron chi connectivity index (χ4n) is 3.03. The molecule has 1 aliphatic rings. The second-order valence-electron chi connectivity index (χ2n) is 6.68. The number of hydrogen-bond acceptors (Lipinski definition) is 5. The average molecular weight is 358 g/mol. The molecule has 1 saturated heterocycles. The Morgan fingerprint density at radius 1 is 1.23 bits per heavy atom. The van der Waals surface area contributed by atoms with Crippen LogP contribution in [0.15, 0.2) is 36.5 Å². The van der Waals surface area contributed by atoms with E-state index in [0.29, 0.717) is 5.75 Å². The molecule has 0 saturated carbocycles. The summed E-state index contributed by atoms with van der Waals surface area (Å²) in [6, 6.07) is 9.02. The molecule has 0 spiro atoms. The summed E-state index contributed by atoms with van der Waals surface area (Å²) in [6.45, 7) is 4.10. The van der Waals surface area contributed by atoms with Crippen molar-refractivity contribution in [3.05, 3.63) is 36.5 Å². The lowest BCUT2D eigenvalue weighted by Gasteiger charge is -2.38. The molecule has 26 heavy (non-hydrogen) atoms. The van der Waals surface area contributed by atoms with Crippen molar-refractivity contribution in [1.29, 1.82) is 0 Å². The van der Waals surface area contributed by atoms with E-state index in [1.54, 1.807) is 38.2 Å². The maximum atomic E-state index is 12.0. The summed E-state index contributed by atoms with van der Waals surface area (Å²) in [5, 5.41) is 10.6. The van der Waals surface area contributed by atoms with Crippen LogP contribution < -0.4 is 4.74 Å². The standard InChI is InChI=1S/C19H22N2O5/c1-13(2)25-18(24)21-10-7-19(8-11-21,17(22)23)26-15-5-6-16-14(12-15)4-3-9-20-16/h3-6,9,12-13H,7-8,10-11H2,1-2H3,(H,22,23). The number of carbonyl (C=O) groups excluding carboxylic acids is 1. The number of piperidine rings is 1. The maximum absolute atomic E-state index is 12.0. The van der Waals surface area contributed by atoms with Gasteiger partial charge in [0.2, 0.25) is 5.60 Å². The van der Waals surface area contributed by atoms with Crippen LogP contribution in [0.25, 0.3) is 10.9 Å². The van der Waals surface area contributed by atoms with Crippen molar-refractivity contribution in [1.82, 2.24) is 9.88 Å². The van der Waals surface area contributed by atoms with Crippen LogP contribution in [0, 0.1) is 0 Å². The second kappa shape index (κ2) is 7.19. The molecule has 138 valence electrons. The van der Waals surface area contributed by atoms with Gasteiger partial charge in [0.15, 0.2) is 0 Å². The molecule has 7 nitrogen and oxygen atoms in total. The van der Waals surface area contributed by atoms with Gasteiger partial charge in [-0.3, -0.25) is 4.98 Å². The molecule has 1 fully saturated rings. The van der Waals surface area contributed by atoms with Gasteiger partial charge < -0.3 is 19.5 Å². The van der Waals surface area contributed by atoms with Crippen LogP contribution in [0.1, 0.15) is 26.7 Å². The molecule has 1 aromatic heterocycles. The van der Waals surface area contributed by atoms with Gasteiger partial charge in [-0.1, -0.05) is 6.07 Å². The lowest BCUT2D eigenvalue weighted by molar-refractivity contribution is -0.159. The molecule has 0 aliphatic carbocycles. The van der Waals surface area contributed by atoms with E-state index in [0.717, 1.165) is 10.9 Å². The number of pyridine rings is 1. The third-order valence-electron chi connectivity index (χ3n) is 4.44. The number of fused-ring (bicyclic) bond motifs is 1. The van der Waals surface area contributed by atoms with Gasteiger partial charge >= 0.3 is 12.1 Å². The molecule has 0 atom stereocenters. The number of ether oxygens (including phenoxy) is 2. The van der Waals surface area contributed by atoms with Gasteiger partial charge in [0, 0.05) is 37.5 Å². The molecule has 1 aromatic carbocycles. The highest BCUT2D eigenvalue weighted by molar-refractivity contribution is 5.81. The van der Waals surface area contributed by atoms with Gasteiger partial charge in [-0.25, -0.2) is 9.59 Å². The predicted molar refractivity (Wildman–Crippen MR) is 95.2 cm³/mol. The van der Waals surface area contributed by atoms with Crippen molar-refractivity contribution >= 4 is 23.0 Å². The van der Waals surface area contributed by atoms with Gasteiger partial charge in [-0.15, -0.1) is 0 Å². The SMILES string of the molecule is CC(C)OC(=O)N1CCC(Oc2ccc3ncccc3c2)(C(=O)O)CC1. The zero-order valence-electron chi connectivity index (χ0n) is 14.8. The topological polar surface area (TPSA) is 89.0 Å². The fourth-order valence-corrected chi connectivity index (χ4v) is 3.03. The van der Waals surface area contributed by atoms with Crippen LogP contribution in [0.5, 0.6) is 5.75 Å². The molecule has 3 rings (SSSR count). The minimum absolute atomic E-state index is 0.195. The van der Waals surface area contributed by atoms with Gasteiger partial charge in [-0.2, -0.15) is 0 Å². The van der Waals surface area contributed by atoms with Crippen molar-refractivity contribution in [2.45, 2.75) is 38.4 Å². The number of rotatable bonds is 4. The first-order chi connectivity index (χ1) is 12.4. The number of likely N-dealkylation sites (tertiary alicyclic amines) is 1. The normalized spacial score (nSPS) is 16.5. The van der Waals surface area contributed by atoms with E-state index in [1.165, 1.54) is 4.90 Å². The molecule has 7 heteroatoms. The smallest absolute Gasteiger partial charge is 0.410 e. The Morgan fingerprint density at radius 3 is 2.62 bits per heavy atom. The minimum atomic E-state index is -1.36. The number of aromatic nitrogens is 1. The highest BCUT2D eigenvalue weighted by Crippen LogP contribution is 2.31. The molecule has 2 aromatic rings. The summed E-state index contributed by atoms with van der Waals surface area (Å²) in [4.78, 5) is 29.7. The molecule has 1 amide bonds. The Labute approximate surface area is 151 Å². The van der Waals surface area contributed by atoms with Crippen LogP contribution in [-0.2, 0) is 9.53 Å². The Hall–Kier alpha value is -2.83. The van der Waals surface area contributed by atoms with Crippen LogP contribution in [0.2, 0.25) is 0 Å². The van der Waals surface area contributed by atoms with Gasteiger partial charge in [0.1, 0.15) is 5.75 Å². The van der Waals surface area contributed by atoms with E-state index in [9.17, 15) is 14.7 Å². The number of carboxylic acids is 1. The molecule has 1 N–H and O–H groups in total. The first kappa shape index (κ1) is 18.0. The Balaban J connectivity index is 1.75. The Bertz CT molecular complexity index is 812. The molecular weight excluding hydrogens is 336 g/mol. The zero-order chi connectivity index (χ0) is 18.7. The lowest BCUT2D eigenvalue weighted by atomic mass is 9.91. The van der Waals surface area contributed by atoms with Gasteiger partial charge in [0.05, 0.1) is 11.6 Å². The Morgan fingerprint density at radius 2 is 1.96 bits per heavy atom. The van der Waals surface area contributed by atoms with Crippen LogP contribution in [0.4, 0.5) is 4.79 Å². The molecule has 0 unspecified atom stereocenters.